The lowest BCUT2D eigenvalue weighted by molar-refractivity contribution is -0.140. The SMILES string of the molecule is CC(c1ccccc1)C1/C(=C(\O)c2ccc(OCc3ccccc3)cc2)C(=O)C(=O)N1CCN1CCOCC1. The van der Waals surface area contributed by atoms with Crippen molar-refractivity contribution in [1.82, 2.24) is 9.80 Å². The van der Waals surface area contributed by atoms with E-state index in [2.05, 4.69) is 4.90 Å². The Morgan fingerprint density at radius 3 is 2.23 bits per heavy atom. The number of ketones is 1. The van der Waals surface area contributed by atoms with E-state index in [4.69, 9.17) is 9.47 Å². The van der Waals surface area contributed by atoms with Crippen molar-refractivity contribution >= 4 is 17.4 Å². The zero-order valence-corrected chi connectivity index (χ0v) is 22.2. The van der Waals surface area contributed by atoms with Gasteiger partial charge in [-0.3, -0.25) is 14.5 Å². The largest absolute Gasteiger partial charge is 0.507 e. The second kappa shape index (κ2) is 12.3. The number of rotatable bonds is 9. The van der Waals surface area contributed by atoms with E-state index < -0.39 is 17.7 Å². The predicted octanol–water partition coefficient (Wildman–Crippen LogP) is 4.45. The summed E-state index contributed by atoms with van der Waals surface area (Å²) >= 11 is 0. The van der Waals surface area contributed by atoms with Gasteiger partial charge in [0.2, 0.25) is 0 Å². The van der Waals surface area contributed by atoms with Crippen molar-refractivity contribution in [1.29, 1.82) is 0 Å². The lowest BCUT2D eigenvalue weighted by Crippen LogP contribution is -2.45. The van der Waals surface area contributed by atoms with Crippen LogP contribution in [-0.2, 0) is 20.9 Å². The van der Waals surface area contributed by atoms with Crippen molar-refractivity contribution < 1.29 is 24.2 Å². The van der Waals surface area contributed by atoms with Gasteiger partial charge >= 0.3 is 0 Å². The highest BCUT2D eigenvalue weighted by Gasteiger charge is 2.47. The number of hydrogen-bond donors (Lipinski definition) is 1. The third-order valence-corrected chi connectivity index (χ3v) is 7.52. The highest BCUT2D eigenvalue weighted by molar-refractivity contribution is 6.46. The zero-order valence-electron chi connectivity index (χ0n) is 22.2. The normalized spacial score (nSPS) is 20.2. The van der Waals surface area contributed by atoms with Crippen LogP contribution in [0.1, 0.15) is 29.5 Å². The Balaban J connectivity index is 1.42. The summed E-state index contributed by atoms with van der Waals surface area (Å²) in [5.74, 6) is -0.927. The van der Waals surface area contributed by atoms with Crippen LogP contribution in [0.25, 0.3) is 5.76 Å². The average Bonchev–Trinajstić information content (AvgIpc) is 3.25. The van der Waals surface area contributed by atoms with Gasteiger partial charge in [0.25, 0.3) is 11.7 Å². The van der Waals surface area contributed by atoms with Gasteiger partial charge in [-0.15, -0.1) is 0 Å². The number of carbonyl (C=O) groups excluding carboxylic acids is 2. The third-order valence-electron chi connectivity index (χ3n) is 7.52. The Morgan fingerprint density at radius 1 is 0.923 bits per heavy atom. The maximum Gasteiger partial charge on any atom is 0.295 e. The number of carbonyl (C=O) groups is 2. The van der Waals surface area contributed by atoms with Gasteiger partial charge in [-0.2, -0.15) is 0 Å². The van der Waals surface area contributed by atoms with Gasteiger partial charge in [-0.1, -0.05) is 67.6 Å². The number of amides is 1. The molecule has 2 unspecified atom stereocenters. The summed E-state index contributed by atoms with van der Waals surface area (Å²) in [7, 11) is 0. The smallest absolute Gasteiger partial charge is 0.295 e. The summed E-state index contributed by atoms with van der Waals surface area (Å²) in [6.45, 7) is 6.37. The minimum Gasteiger partial charge on any atom is -0.507 e. The highest BCUT2D eigenvalue weighted by atomic mass is 16.5. The first-order valence-corrected chi connectivity index (χ1v) is 13.4. The maximum atomic E-state index is 13.4. The Hall–Kier alpha value is -3.94. The first kappa shape index (κ1) is 26.7. The summed E-state index contributed by atoms with van der Waals surface area (Å²) < 4.78 is 11.3. The molecule has 202 valence electrons. The topological polar surface area (TPSA) is 79.3 Å². The molecule has 0 radical (unpaired) electrons. The van der Waals surface area contributed by atoms with E-state index in [1.54, 1.807) is 29.2 Å². The molecule has 2 fully saturated rings. The number of aliphatic hydroxyl groups is 1. The molecular formula is C32H34N2O5. The first-order chi connectivity index (χ1) is 19.0. The van der Waals surface area contributed by atoms with Gasteiger partial charge in [-0.05, 0) is 35.4 Å². The van der Waals surface area contributed by atoms with E-state index in [1.165, 1.54) is 0 Å². The van der Waals surface area contributed by atoms with E-state index in [0.29, 0.717) is 44.2 Å². The summed E-state index contributed by atoms with van der Waals surface area (Å²) in [6, 6.07) is 26.1. The van der Waals surface area contributed by atoms with E-state index in [0.717, 1.165) is 24.2 Å². The van der Waals surface area contributed by atoms with E-state index in [1.807, 2.05) is 67.6 Å². The molecule has 0 saturated carbocycles. The Bertz CT molecular complexity index is 1300. The molecule has 2 aliphatic heterocycles. The molecule has 2 saturated heterocycles. The fraction of sp³-hybridized carbons (Fsp3) is 0.312. The van der Waals surface area contributed by atoms with Crippen LogP contribution in [0, 0.1) is 0 Å². The van der Waals surface area contributed by atoms with E-state index >= 15 is 0 Å². The molecule has 5 rings (SSSR count). The van der Waals surface area contributed by atoms with Crippen LogP contribution in [0.4, 0.5) is 0 Å². The number of ether oxygens (including phenoxy) is 2. The lowest BCUT2D eigenvalue weighted by atomic mass is 9.87. The fourth-order valence-corrected chi connectivity index (χ4v) is 5.29. The third kappa shape index (κ3) is 6.05. The molecule has 3 aromatic rings. The second-order valence-corrected chi connectivity index (χ2v) is 9.99. The Kier molecular flexibility index (Phi) is 8.39. The molecular weight excluding hydrogens is 492 g/mol. The number of hydrogen-bond acceptors (Lipinski definition) is 6. The number of Topliss-reactive ketones (excluding diaryl/α,β-unsaturated/α-hetero) is 1. The second-order valence-electron chi connectivity index (χ2n) is 9.99. The van der Waals surface area contributed by atoms with E-state index in [-0.39, 0.29) is 17.3 Å². The molecule has 7 heteroatoms. The number of morpholine rings is 1. The standard InChI is InChI=1S/C32H34N2O5/c1-23(25-10-6-3-7-11-25)29-28(31(36)32(37)34(29)17-16-33-18-20-38-21-19-33)30(35)26-12-14-27(15-13-26)39-22-24-8-4-2-5-9-24/h2-15,23,29,35H,16-22H2,1H3/b30-28+. The van der Waals surface area contributed by atoms with E-state index in [9.17, 15) is 14.7 Å². The zero-order chi connectivity index (χ0) is 27.2. The van der Waals surface area contributed by atoms with Crippen molar-refractivity contribution in [2.45, 2.75) is 25.5 Å². The van der Waals surface area contributed by atoms with Crippen molar-refractivity contribution in [2.24, 2.45) is 0 Å². The van der Waals surface area contributed by atoms with Crippen LogP contribution in [0.3, 0.4) is 0 Å². The number of aliphatic hydroxyl groups excluding tert-OH is 1. The van der Waals surface area contributed by atoms with Crippen molar-refractivity contribution in [3.8, 4) is 5.75 Å². The predicted molar refractivity (Wildman–Crippen MR) is 149 cm³/mol. The molecule has 7 nitrogen and oxygen atoms in total. The molecule has 0 bridgehead atoms. The lowest BCUT2D eigenvalue weighted by Gasteiger charge is -2.33. The number of benzene rings is 3. The maximum absolute atomic E-state index is 13.4. The monoisotopic (exact) mass is 526 g/mol. The van der Waals surface area contributed by atoms with Gasteiger partial charge in [0.15, 0.2) is 0 Å². The first-order valence-electron chi connectivity index (χ1n) is 13.4. The molecule has 2 heterocycles. The molecule has 3 aromatic carbocycles. The molecule has 39 heavy (non-hydrogen) atoms. The molecule has 0 aromatic heterocycles. The van der Waals surface area contributed by atoms with Crippen LogP contribution < -0.4 is 4.74 Å². The highest BCUT2D eigenvalue weighted by Crippen LogP contribution is 2.37. The van der Waals surface area contributed by atoms with Gasteiger partial charge in [0.1, 0.15) is 18.1 Å². The molecule has 0 aliphatic carbocycles. The Morgan fingerprint density at radius 2 is 1.56 bits per heavy atom. The van der Waals surface area contributed by atoms with Crippen molar-refractivity contribution in [3.63, 3.8) is 0 Å². The van der Waals surface area contributed by atoms with Gasteiger partial charge in [0.05, 0.1) is 24.8 Å². The average molecular weight is 527 g/mol. The number of nitrogens with zero attached hydrogens (tertiary/aromatic N) is 2. The minimum atomic E-state index is -0.647. The molecule has 2 aliphatic rings. The Labute approximate surface area is 229 Å². The summed E-state index contributed by atoms with van der Waals surface area (Å²) in [5.41, 5.74) is 2.67. The quantitative estimate of drug-likeness (QED) is 0.252. The van der Waals surface area contributed by atoms with Gasteiger partial charge in [-0.25, -0.2) is 0 Å². The summed E-state index contributed by atoms with van der Waals surface area (Å²) in [4.78, 5) is 30.6. The van der Waals surface area contributed by atoms with Crippen LogP contribution in [0.5, 0.6) is 5.75 Å². The van der Waals surface area contributed by atoms with Gasteiger partial charge in [0, 0.05) is 37.7 Å². The molecule has 2 atom stereocenters. The molecule has 1 amide bonds. The summed E-state index contributed by atoms with van der Waals surface area (Å²) in [5, 5.41) is 11.4. The molecule has 1 N–H and O–H groups in total. The van der Waals surface area contributed by atoms with Gasteiger partial charge < -0.3 is 19.5 Å². The van der Waals surface area contributed by atoms with Crippen LogP contribution in [0.15, 0.2) is 90.5 Å². The fourth-order valence-electron chi connectivity index (χ4n) is 5.29. The van der Waals surface area contributed by atoms with Crippen LogP contribution >= 0.6 is 0 Å². The minimum absolute atomic E-state index is 0.149. The van der Waals surface area contributed by atoms with Crippen LogP contribution in [0.2, 0.25) is 0 Å². The van der Waals surface area contributed by atoms with Crippen molar-refractivity contribution in [2.75, 3.05) is 39.4 Å². The van der Waals surface area contributed by atoms with Crippen molar-refractivity contribution in [3.05, 3.63) is 107 Å². The molecule has 0 spiro atoms. The van der Waals surface area contributed by atoms with Crippen LogP contribution in [-0.4, -0.2) is 72.0 Å². The summed E-state index contributed by atoms with van der Waals surface area (Å²) in [6.07, 6.45) is 0. The number of likely N-dealkylation sites (tertiary alicyclic amines) is 1.